The molecule has 13 heavy (non-hydrogen) atoms. The average molecular weight is 176 g/mol. The third kappa shape index (κ3) is 1.12. The van der Waals surface area contributed by atoms with Gasteiger partial charge in [0.2, 0.25) is 0 Å². The minimum atomic E-state index is 0.725. The zero-order chi connectivity index (χ0) is 9.32. The van der Waals surface area contributed by atoms with Crippen LogP contribution in [-0.4, -0.2) is 7.85 Å². The fraction of sp³-hybridized carbons (Fsp3) is 1.00. The zero-order valence-corrected chi connectivity index (χ0v) is 9.32. The Kier molecular flexibility index (Phi) is 1.30. The molecule has 0 aliphatic heterocycles. The first-order chi connectivity index (χ1) is 5.91. The van der Waals surface area contributed by atoms with E-state index in [0.717, 1.165) is 22.1 Å². The second-order valence-electron chi connectivity index (χ2n) is 7.44. The summed E-state index contributed by atoms with van der Waals surface area (Å²) in [6.45, 7) is 5.10. The standard InChI is InChI=1S/C12H21B/c1-10-3-9-4-11(2,6-10)8-12(13,5-9)7-10/h9H,3-8,13H2,1-2H3. The van der Waals surface area contributed by atoms with Gasteiger partial charge in [0.25, 0.3) is 0 Å². The van der Waals surface area contributed by atoms with Crippen LogP contribution in [0.15, 0.2) is 0 Å². The summed E-state index contributed by atoms with van der Waals surface area (Å²) in [5.41, 5.74) is 1.45. The first-order valence-electron chi connectivity index (χ1n) is 5.91. The van der Waals surface area contributed by atoms with Crippen LogP contribution < -0.4 is 0 Å². The van der Waals surface area contributed by atoms with Crippen LogP contribution in [0.4, 0.5) is 0 Å². The van der Waals surface area contributed by atoms with E-state index in [9.17, 15) is 0 Å². The normalized spacial score (nSPS) is 64.3. The molecule has 0 radical (unpaired) electrons. The summed E-state index contributed by atoms with van der Waals surface area (Å²) < 4.78 is 0. The van der Waals surface area contributed by atoms with Crippen LogP contribution >= 0.6 is 0 Å². The highest BCUT2D eigenvalue weighted by atomic mass is 14.6. The van der Waals surface area contributed by atoms with Crippen LogP contribution in [0.25, 0.3) is 0 Å². The van der Waals surface area contributed by atoms with E-state index in [-0.39, 0.29) is 0 Å². The molecular formula is C12H21B. The fourth-order valence-corrected chi connectivity index (χ4v) is 6.02. The Morgan fingerprint density at radius 2 is 1.46 bits per heavy atom. The minimum Gasteiger partial charge on any atom is -0.0596 e. The van der Waals surface area contributed by atoms with Gasteiger partial charge in [0.05, 0.1) is 0 Å². The number of hydrogen-bond acceptors (Lipinski definition) is 0. The third-order valence-corrected chi connectivity index (χ3v) is 4.91. The van der Waals surface area contributed by atoms with Crippen molar-refractivity contribution in [3.63, 3.8) is 0 Å². The molecule has 0 spiro atoms. The van der Waals surface area contributed by atoms with E-state index >= 15 is 0 Å². The van der Waals surface area contributed by atoms with Gasteiger partial charge >= 0.3 is 0 Å². The molecule has 0 aromatic heterocycles. The van der Waals surface area contributed by atoms with Crippen molar-refractivity contribution in [2.24, 2.45) is 16.7 Å². The lowest BCUT2D eigenvalue weighted by Crippen LogP contribution is -2.52. The molecule has 0 nitrogen and oxygen atoms in total. The van der Waals surface area contributed by atoms with Gasteiger partial charge in [0.15, 0.2) is 0 Å². The maximum Gasteiger partial charge on any atom is 0.109 e. The van der Waals surface area contributed by atoms with Gasteiger partial charge in [-0.1, -0.05) is 25.6 Å². The smallest absolute Gasteiger partial charge is 0.0596 e. The van der Waals surface area contributed by atoms with Gasteiger partial charge in [-0.25, -0.2) is 0 Å². The molecule has 0 heterocycles. The predicted molar refractivity (Wildman–Crippen MR) is 58.6 cm³/mol. The van der Waals surface area contributed by atoms with Crippen LogP contribution in [0.2, 0.25) is 5.31 Å². The minimum absolute atomic E-state index is 0.725. The summed E-state index contributed by atoms with van der Waals surface area (Å²) in [7, 11) is 2.55. The molecule has 4 rings (SSSR count). The Labute approximate surface area is 82.9 Å². The van der Waals surface area contributed by atoms with Gasteiger partial charge in [-0.05, 0) is 48.9 Å². The zero-order valence-electron chi connectivity index (χ0n) is 9.32. The predicted octanol–water partition coefficient (Wildman–Crippen LogP) is 2.79. The summed E-state index contributed by atoms with van der Waals surface area (Å²) in [5.74, 6) is 1.08. The van der Waals surface area contributed by atoms with Gasteiger partial charge < -0.3 is 0 Å². The Hall–Kier alpha value is 0.0649. The van der Waals surface area contributed by atoms with E-state index in [1.807, 2.05) is 0 Å². The van der Waals surface area contributed by atoms with E-state index in [1.54, 1.807) is 0 Å². The van der Waals surface area contributed by atoms with E-state index in [0.29, 0.717) is 0 Å². The first-order valence-corrected chi connectivity index (χ1v) is 5.91. The van der Waals surface area contributed by atoms with Crippen molar-refractivity contribution < 1.29 is 0 Å². The molecule has 4 fully saturated rings. The van der Waals surface area contributed by atoms with Crippen molar-refractivity contribution in [1.82, 2.24) is 0 Å². The van der Waals surface area contributed by atoms with Gasteiger partial charge in [-0.3, -0.25) is 0 Å². The Balaban J connectivity index is 2.03. The third-order valence-electron chi connectivity index (χ3n) is 4.91. The summed E-state index contributed by atoms with van der Waals surface area (Å²) in [5, 5.41) is 0.725. The molecule has 0 aromatic rings. The molecule has 4 aliphatic rings. The maximum absolute atomic E-state index is 2.55. The molecule has 0 aromatic carbocycles. The monoisotopic (exact) mass is 176 g/mol. The Morgan fingerprint density at radius 1 is 0.923 bits per heavy atom. The van der Waals surface area contributed by atoms with Crippen molar-refractivity contribution in [3.8, 4) is 0 Å². The molecule has 4 aliphatic carbocycles. The van der Waals surface area contributed by atoms with Crippen molar-refractivity contribution >= 4 is 7.85 Å². The van der Waals surface area contributed by atoms with Crippen molar-refractivity contribution in [2.75, 3.05) is 0 Å². The van der Waals surface area contributed by atoms with E-state index in [2.05, 4.69) is 21.7 Å². The van der Waals surface area contributed by atoms with Gasteiger partial charge in [0.1, 0.15) is 7.85 Å². The molecular weight excluding hydrogens is 155 g/mol. The SMILES string of the molecule is BC12CC3CC(C)(C1)CC(C)(C3)C2. The molecule has 0 saturated heterocycles. The summed E-state index contributed by atoms with van der Waals surface area (Å²) in [6, 6.07) is 0. The molecule has 0 N–H and O–H groups in total. The van der Waals surface area contributed by atoms with Crippen molar-refractivity contribution in [3.05, 3.63) is 0 Å². The van der Waals surface area contributed by atoms with Gasteiger partial charge in [-0.2, -0.15) is 0 Å². The van der Waals surface area contributed by atoms with E-state index in [1.165, 1.54) is 38.5 Å². The molecule has 1 heteroatoms. The largest absolute Gasteiger partial charge is 0.109 e. The van der Waals surface area contributed by atoms with Crippen LogP contribution in [0.5, 0.6) is 0 Å². The second-order valence-corrected chi connectivity index (χ2v) is 7.44. The van der Waals surface area contributed by atoms with Crippen molar-refractivity contribution in [1.29, 1.82) is 0 Å². The molecule has 4 bridgehead atoms. The molecule has 72 valence electrons. The van der Waals surface area contributed by atoms with Crippen LogP contribution in [-0.2, 0) is 0 Å². The Bertz CT molecular complexity index is 207. The topological polar surface area (TPSA) is 0 Å². The van der Waals surface area contributed by atoms with Gasteiger partial charge in [0, 0.05) is 0 Å². The number of rotatable bonds is 0. The van der Waals surface area contributed by atoms with Crippen molar-refractivity contribution in [2.45, 2.75) is 57.7 Å². The van der Waals surface area contributed by atoms with E-state index < -0.39 is 0 Å². The lowest BCUT2D eigenvalue weighted by molar-refractivity contribution is -0.0837. The van der Waals surface area contributed by atoms with Crippen LogP contribution in [0, 0.1) is 16.7 Å². The summed E-state index contributed by atoms with van der Waals surface area (Å²) >= 11 is 0. The molecule has 0 amide bonds. The van der Waals surface area contributed by atoms with Crippen LogP contribution in [0.1, 0.15) is 52.4 Å². The lowest BCUT2D eigenvalue weighted by Gasteiger charge is -2.65. The first kappa shape index (κ1) is 8.38. The fourth-order valence-electron chi connectivity index (χ4n) is 6.02. The summed E-state index contributed by atoms with van der Waals surface area (Å²) in [6.07, 6.45) is 9.18. The Morgan fingerprint density at radius 3 is 1.85 bits per heavy atom. The number of hydrogen-bond donors (Lipinski definition) is 0. The lowest BCUT2D eigenvalue weighted by atomic mass is 9.36. The molecule has 2 unspecified atom stereocenters. The maximum atomic E-state index is 2.55. The quantitative estimate of drug-likeness (QED) is 0.498. The highest BCUT2D eigenvalue weighted by Gasteiger charge is 2.57. The summed E-state index contributed by atoms with van der Waals surface area (Å²) in [4.78, 5) is 0. The van der Waals surface area contributed by atoms with E-state index in [4.69, 9.17) is 0 Å². The average Bonchev–Trinajstić information content (AvgIpc) is 1.71. The van der Waals surface area contributed by atoms with Gasteiger partial charge in [-0.15, -0.1) is 0 Å². The van der Waals surface area contributed by atoms with Crippen LogP contribution in [0.3, 0.4) is 0 Å². The molecule has 2 atom stereocenters. The highest BCUT2D eigenvalue weighted by Crippen LogP contribution is 2.71. The molecule has 4 saturated carbocycles. The highest BCUT2D eigenvalue weighted by molar-refractivity contribution is 6.15. The second kappa shape index (κ2) is 2.02.